The van der Waals surface area contributed by atoms with Crippen molar-refractivity contribution in [2.75, 3.05) is 6.61 Å². The van der Waals surface area contributed by atoms with Gasteiger partial charge < -0.3 is 25.7 Å². The van der Waals surface area contributed by atoms with Gasteiger partial charge in [-0.25, -0.2) is 0 Å². The third kappa shape index (κ3) is 26.7. The van der Waals surface area contributed by atoms with Gasteiger partial charge in [0.2, 0.25) is 5.91 Å². The Hall–Kier alpha value is -0.690. The number of hydrogen-bond donors (Lipinski definition) is 5. The Kier molecular flexibility index (Phi) is 31.4. The summed E-state index contributed by atoms with van der Waals surface area (Å²) in [6.45, 7) is 4.08. The summed E-state index contributed by atoms with van der Waals surface area (Å²) in [6, 6.07) is -0.977. The van der Waals surface area contributed by atoms with E-state index in [0.717, 1.165) is 50.4 Å². The summed E-state index contributed by atoms with van der Waals surface area (Å²) in [5.74, 6) is 1.42. The predicted octanol–water partition coefficient (Wildman–Crippen LogP) is 10.7. The quantitative estimate of drug-likeness (QED) is 0.0413. The summed E-state index contributed by atoms with van der Waals surface area (Å²) in [7, 11) is 0. The molecule has 6 heteroatoms. The molecule has 1 aliphatic carbocycles. The van der Waals surface area contributed by atoms with Crippen LogP contribution in [-0.4, -0.2) is 57.3 Å². The van der Waals surface area contributed by atoms with Gasteiger partial charge in [0.15, 0.2) is 0 Å². The van der Waals surface area contributed by atoms with Gasteiger partial charge in [-0.3, -0.25) is 4.79 Å². The van der Waals surface area contributed by atoms with Crippen molar-refractivity contribution >= 4 is 5.91 Å². The monoisotopic (exact) mass is 696 g/mol. The van der Waals surface area contributed by atoms with E-state index in [1.165, 1.54) is 161 Å². The van der Waals surface area contributed by atoms with E-state index in [4.69, 9.17) is 0 Å². The van der Waals surface area contributed by atoms with E-state index in [-0.39, 0.29) is 0 Å². The highest BCUT2D eigenvalue weighted by Gasteiger charge is 2.35. The SMILES string of the molecule is CCCCCCCCCCCCCCCCCCCCCCC(O)C(O)C(CO)NC(=O)C(O)CCCCCCCCC1CC1CCCC. The Bertz CT molecular complexity index is 720. The Morgan fingerprint density at radius 3 is 1.33 bits per heavy atom. The van der Waals surface area contributed by atoms with Crippen LogP contribution in [0.1, 0.15) is 226 Å². The lowest BCUT2D eigenvalue weighted by Crippen LogP contribution is -2.53. The summed E-state index contributed by atoms with van der Waals surface area (Å²) in [5.41, 5.74) is 0. The number of amides is 1. The minimum absolute atomic E-state index is 0.378. The lowest BCUT2D eigenvalue weighted by atomic mass is 9.99. The molecule has 1 fully saturated rings. The van der Waals surface area contributed by atoms with Gasteiger partial charge >= 0.3 is 0 Å². The molecule has 0 bridgehead atoms. The molecule has 6 unspecified atom stereocenters. The van der Waals surface area contributed by atoms with Crippen LogP contribution in [0.3, 0.4) is 0 Å². The molecule has 0 aromatic heterocycles. The van der Waals surface area contributed by atoms with Crippen LogP contribution in [0.15, 0.2) is 0 Å². The van der Waals surface area contributed by atoms with Crippen LogP contribution in [0.25, 0.3) is 0 Å². The highest BCUT2D eigenvalue weighted by molar-refractivity contribution is 5.80. The van der Waals surface area contributed by atoms with Crippen molar-refractivity contribution in [3.63, 3.8) is 0 Å². The molecule has 0 aromatic rings. The number of aliphatic hydroxyl groups is 4. The van der Waals surface area contributed by atoms with Crippen molar-refractivity contribution in [3.05, 3.63) is 0 Å². The summed E-state index contributed by atoms with van der Waals surface area (Å²) in [5, 5.41) is 43.7. The van der Waals surface area contributed by atoms with Crippen molar-refractivity contribution in [1.82, 2.24) is 5.32 Å². The van der Waals surface area contributed by atoms with Crippen molar-refractivity contribution in [2.24, 2.45) is 11.8 Å². The molecule has 0 aromatic carbocycles. The van der Waals surface area contributed by atoms with Crippen LogP contribution in [0, 0.1) is 11.8 Å². The number of carbonyl (C=O) groups is 1. The summed E-state index contributed by atoms with van der Waals surface area (Å²) in [6.07, 6.45) is 37.4. The van der Waals surface area contributed by atoms with E-state index in [9.17, 15) is 25.2 Å². The zero-order valence-electron chi connectivity index (χ0n) is 32.7. The first-order valence-corrected chi connectivity index (χ1v) is 21.9. The van der Waals surface area contributed by atoms with Crippen LogP contribution in [0.2, 0.25) is 0 Å². The van der Waals surface area contributed by atoms with Crippen LogP contribution >= 0.6 is 0 Å². The Balaban J connectivity index is 1.93. The standard InChI is InChI=1S/C43H85NO5/c1-3-5-7-8-9-10-11-12-13-14-15-16-17-18-19-20-21-22-26-29-33-40(46)42(48)39(36-45)44-43(49)41(47)34-30-27-24-23-25-28-32-38-35-37(38)31-6-4-2/h37-42,45-48H,3-36H2,1-2H3,(H,44,49). The van der Waals surface area contributed by atoms with E-state index < -0.39 is 36.9 Å². The maximum absolute atomic E-state index is 12.5. The van der Waals surface area contributed by atoms with E-state index in [2.05, 4.69) is 19.2 Å². The molecule has 1 saturated carbocycles. The Labute approximate surface area is 304 Å². The third-order valence-corrected chi connectivity index (χ3v) is 11.3. The number of carbonyl (C=O) groups excluding carboxylic acids is 1. The van der Waals surface area contributed by atoms with Crippen LogP contribution in [0.4, 0.5) is 0 Å². The molecule has 49 heavy (non-hydrogen) atoms. The second kappa shape index (κ2) is 33.2. The normalized spacial score (nSPS) is 18.3. The largest absolute Gasteiger partial charge is 0.394 e. The minimum Gasteiger partial charge on any atom is -0.394 e. The first kappa shape index (κ1) is 46.3. The van der Waals surface area contributed by atoms with Gasteiger partial charge in [0.25, 0.3) is 0 Å². The maximum atomic E-state index is 12.5. The maximum Gasteiger partial charge on any atom is 0.249 e. The van der Waals surface area contributed by atoms with Crippen LogP contribution in [0.5, 0.6) is 0 Å². The Morgan fingerprint density at radius 2 is 0.898 bits per heavy atom. The molecular weight excluding hydrogens is 610 g/mol. The lowest BCUT2D eigenvalue weighted by Gasteiger charge is -2.27. The molecule has 0 heterocycles. The molecule has 0 saturated heterocycles. The molecule has 0 spiro atoms. The number of nitrogens with one attached hydrogen (secondary N) is 1. The predicted molar refractivity (Wildman–Crippen MR) is 208 cm³/mol. The van der Waals surface area contributed by atoms with Crippen molar-refractivity contribution in [2.45, 2.75) is 250 Å². The van der Waals surface area contributed by atoms with Crippen molar-refractivity contribution < 1.29 is 25.2 Å². The zero-order chi connectivity index (χ0) is 35.8. The molecule has 1 aliphatic rings. The highest BCUT2D eigenvalue weighted by Crippen LogP contribution is 2.45. The fraction of sp³-hybridized carbons (Fsp3) is 0.977. The zero-order valence-corrected chi connectivity index (χ0v) is 32.7. The molecule has 5 N–H and O–H groups in total. The number of rotatable bonds is 38. The summed E-state index contributed by atoms with van der Waals surface area (Å²) in [4.78, 5) is 12.5. The molecule has 1 amide bonds. The Morgan fingerprint density at radius 1 is 0.531 bits per heavy atom. The fourth-order valence-electron chi connectivity index (χ4n) is 7.63. The van der Waals surface area contributed by atoms with Gasteiger partial charge in [0.05, 0.1) is 18.8 Å². The average molecular weight is 696 g/mol. The second-order valence-corrected chi connectivity index (χ2v) is 16.0. The minimum atomic E-state index is -1.25. The smallest absolute Gasteiger partial charge is 0.249 e. The molecule has 1 rings (SSSR count). The van der Waals surface area contributed by atoms with E-state index in [1.54, 1.807) is 0 Å². The second-order valence-electron chi connectivity index (χ2n) is 16.0. The molecular formula is C43H85NO5. The van der Waals surface area contributed by atoms with Crippen molar-refractivity contribution in [3.8, 4) is 0 Å². The number of hydrogen-bond acceptors (Lipinski definition) is 5. The molecule has 6 atom stereocenters. The van der Waals surface area contributed by atoms with Gasteiger partial charge in [-0.05, 0) is 31.1 Å². The highest BCUT2D eigenvalue weighted by atomic mass is 16.3. The summed E-state index contributed by atoms with van der Waals surface area (Å²) < 4.78 is 0. The topological polar surface area (TPSA) is 110 Å². The number of aliphatic hydroxyl groups excluding tert-OH is 4. The third-order valence-electron chi connectivity index (χ3n) is 11.3. The van der Waals surface area contributed by atoms with Crippen LogP contribution < -0.4 is 5.32 Å². The van der Waals surface area contributed by atoms with Crippen LogP contribution in [-0.2, 0) is 4.79 Å². The van der Waals surface area contributed by atoms with E-state index >= 15 is 0 Å². The van der Waals surface area contributed by atoms with Gasteiger partial charge in [0.1, 0.15) is 12.2 Å². The average Bonchev–Trinajstić information content (AvgIpc) is 3.87. The first-order chi connectivity index (χ1) is 23.9. The molecule has 6 nitrogen and oxygen atoms in total. The fourth-order valence-corrected chi connectivity index (χ4v) is 7.63. The van der Waals surface area contributed by atoms with E-state index in [1.807, 2.05) is 0 Å². The molecule has 0 aliphatic heterocycles. The van der Waals surface area contributed by atoms with Gasteiger partial charge in [-0.1, -0.05) is 206 Å². The molecule has 292 valence electrons. The van der Waals surface area contributed by atoms with Crippen molar-refractivity contribution in [1.29, 1.82) is 0 Å². The van der Waals surface area contributed by atoms with Gasteiger partial charge in [-0.2, -0.15) is 0 Å². The number of unbranched alkanes of at least 4 members (excludes halogenated alkanes) is 25. The van der Waals surface area contributed by atoms with Gasteiger partial charge in [0, 0.05) is 0 Å². The lowest BCUT2D eigenvalue weighted by molar-refractivity contribution is -0.132. The van der Waals surface area contributed by atoms with Gasteiger partial charge in [-0.15, -0.1) is 0 Å². The summed E-state index contributed by atoms with van der Waals surface area (Å²) >= 11 is 0. The first-order valence-electron chi connectivity index (χ1n) is 21.9. The van der Waals surface area contributed by atoms with E-state index in [0.29, 0.717) is 12.8 Å². The molecule has 0 radical (unpaired) electrons.